The van der Waals surface area contributed by atoms with E-state index in [9.17, 15) is 9.18 Å². The molecule has 2 aromatic rings. The Kier molecular flexibility index (Phi) is 7.14. The molecule has 10 heteroatoms. The highest BCUT2D eigenvalue weighted by Gasteiger charge is 2.21. The molecule has 0 spiro atoms. The first-order valence-electron chi connectivity index (χ1n) is 9.06. The molecule has 0 unspecified atom stereocenters. The molecule has 0 aliphatic carbocycles. The molecule has 0 N–H and O–H groups in total. The van der Waals surface area contributed by atoms with Gasteiger partial charge in [-0.05, 0) is 19.1 Å². The lowest BCUT2D eigenvalue weighted by atomic mass is 10.2. The molecule has 1 aromatic carbocycles. The summed E-state index contributed by atoms with van der Waals surface area (Å²) >= 11 is 7.37. The Labute approximate surface area is 172 Å². The van der Waals surface area contributed by atoms with Crippen molar-refractivity contribution in [3.63, 3.8) is 0 Å². The molecule has 1 fully saturated rings. The second-order valence-electron chi connectivity index (χ2n) is 6.36. The van der Waals surface area contributed by atoms with Crippen molar-refractivity contribution in [1.82, 2.24) is 19.7 Å². The van der Waals surface area contributed by atoms with Crippen molar-refractivity contribution in [2.24, 2.45) is 0 Å². The average molecular weight is 428 g/mol. The predicted molar refractivity (Wildman–Crippen MR) is 107 cm³/mol. The Morgan fingerprint density at radius 1 is 1.36 bits per heavy atom. The van der Waals surface area contributed by atoms with Crippen molar-refractivity contribution in [2.75, 3.05) is 44.0 Å². The summed E-state index contributed by atoms with van der Waals surface area (Å²) in [6.07, 6.45) is 0. The number of thioether (sulfide) groups is 1. The zero-order valence-corrected chi connectivity index (χ0v) is 17.5. The summed E-state index contributed by atoms with van der Waals surface area (Å²) in [5, 5.41) is 9.54. The Bertz CT molecular complexity index is 808. The van der Waals surface area contributed by atoms with Crippen molar-refractivity contribution in [1.29, 1.82) is 0 Å². The van der Waals surface area contributed by atoms with Crippen LogP contribution in [0.15, 0.2) is 23.4 Å². The third-order valence-corrected chi connectivity index (χ3v) is 5.82. The normalized spacial score (nSPS) is 14.4. The van der Waals surface area contributed by atoms with Crippen LogP contribution in [0, 0.1) is 5.82 Å². The molecule has 1 saturated heterocycles. The van der Waals surface area contributed by atoms with Crippen molar-refractivity contribution in [2.45, 2.75) is 25.2 Å². The number of amides is 1. The fraction of sp³-hybridized carbons (Fsp3) is 0.500. The summed E-state index contributed by atoms with van der Waals surface area (Å²) in [5.41, 5.74) is 0.316. The van der Waals surface area contributed by atoms with Crippen LogP contribution in [0.4, 0.5) is 10.3 Å². The number of carbonyl (C=O) groups is 1. The number of ether oxygens (including phenoxy) is 1. The number of rotatable bonds is 7. The van der Waals surface area contributed by atoms with Crippen molar-refractivity contribution in [3.05, 3.63) is 34.6 Å². The van der Waals surface area contributed by atoms with Crippen LogP contribution in [-0.4, -0.2) is 64.7 Å². The summed E-state index contributed by atoms with van der Waals surface area (Å²) in [4.78, 5) is 16.1. The number of carbonyl (C=O) groups excluding carboxylic acids is 1. The lowest BCUT2D eigenvalue weighted by molar-refractivity contribution is -0.127. The van der Waals surface area contributed by atoms with Crippen LogP contribution in [0.25, 0.3) is 0 Å². The van der Waals surface area contributed by atoms with E-state index in [1.807, 2.05) is 11.5 Å². The molecule has 0 saturated carbocycles. The minimum atomic E-state index is -0.416. The topological polar surface area (TPSA) is 63.5 Å². The summed E-state index contributed by atoms with van der Waals surface area (Å²) < 4.78 is 21.3. The van der Waals surface area contributed by atoms with Gasteiger partial charge < -0.3 is 14.5 Å². The summed E-state index contributed by atoms with van der Waals surface area (Å²) in [7, 11) is 1.63. The van der Waals surface area contributed by atoms with Gasteiger partial charge in [-0.15, -0.1) is 10.2 Å². The fourth-order valence-electron chi connectivity index (χ4n) is 2.91. The molecule has 1 aliphatic rings. The fourth-order valence-corrected chi connectivity index (χ4v) is 4.07. The number of halogens is 2. The zero-order valence-electron chi connectivity index (χ0n) is 15.9. The van der Waals surface area contributed by atoms with E-state index in [2.05, 4.69) is 15.1 Å². The van der Waals surface area contributed by atoms with Gasteiger partial charge in [0.05, 0.1) is 19.0 Å². The van der Waals surface area contributed by atoms with Crippen LogP contribution in [0.1, 0.15) is 12.5 Å². The second-order valence-corrected chi connectivity index (χ2v) is 7.71. The van der Waals surface area contributed by atoms with Gasteiger partial charge in [-0.3, -0.25) is 9.36 Å². The highest BCUT2D eigenvalue weighted by atomic mass is 35.5. The SMILES string of the molecule is CCn1c(SCC(=O)N(C)Cc2c(F)cccc2Cl)nnc1N1CCOCC1. The maximum atomic E-state index is 13.9. The van der Waals surface area contributed by atoms with Crippen molar-refractivity contribution < 1.29 is 13.9 Å². The van der Waals surface area contributed by atoms with E-state index in [-0.39, 0.29) is 18.2 Å². The Hall–Kier alpha value is -1.84. The molecule has 2 heterocycles. The molecule has 7 nitrogen and oxygen atoms in total. The lowest BCUT2D eigenvalue weighted by Crippen LogP contribution is -2.38. The van der Waals surface area contributed by atoms with Crippen molar-refractivity contribution in [3.8, 4) is 0 Å². The van der Waals surface area contributed by atoms with Crippen molar-refractivity contribution >= 4 is 35.2 Å². The number of nitrogens with zero attached hydrogens (tertiary/aromatic N) is 5. The van der Waals surface area contributed by atoms with E-state index in [4.69, 9.17) is 16.3 Å². The maximum absolute atomic E-state index is 13.9. The summed E-state index contributed by atoms with van der Waals surface area (Å²) in [6, 6.07) is 4.50. The molecule has 0 radical (unpaired) electrons. The Morgan fingerprint density at radius 2 is 2.11 bits per heavy atom. The van der Waals surface area contributed by atoms with Crippen LogP contribution in [0.5, 0.6) is 0 Å². The largest absolute Gasteiger partial charge is 0.378 e. The highest BCUT2D eigenvalue weighted by Crippen LogP contribution is 2.24. The third-order valence-electron chi connectivity index (χ3n) is 4.51. The second kappa shape index (κ2) is 9.58. The monoisotopic (exact) mass is 427 g/mol. The van der Waals surface area contributed by atoms with Crippen LogP contribution in [-0.2, 0) is 22.6 Å². The molecule has 0 atom stereocenters. The van der Waals surface area contributed by atoms with Gasteiger partial charge in [-0.25, -0.2) is 4.39 Å². The van der Waals surface area contributed by atoms with Gasteiger partial charge in [0.2, 0.25) is 11.9 Å². The molecular weight excluding hydrogens is 405 g/mol. The van der Waals surface area contributed by atoms with Gasteiger partial charge in [0.15, 0.2) is 5.16 Å². The standard InChI is InChI=1S/C18H23ClFN5O2S/c1-3-25-17(24-7-9-27-10-8-24)21-22-18(25)28-12-16(26)23(2)11-13-14(19)5-4-6-15(13)20/h4-6H,3,7-12H2,1-2H3. The number of aromatic nitrogens is 3. The van der Waals surface area contributed by atoms with Gasteiger partial charge in [-0.2, -0.15) is 0 Å². The number of hydrogen-bond donors (Lipinski definition) is 0. The van der Waals surface area contributed by atoms with Gasteiger partial charge in [0.25, 0.3) is 0 Å². The maximum Gasteiger partial charge on any atom is 0.233 e. The van der Waals surface area contributed by atoms with Crippen LogP contribution < -0.4 is 4.90 Å². The van der Waals surface area contributed by atoms with Gasteiger partial charge in [-0.1, -0.05) is 29.4 Å². The molecule has 1 aromatic heterocycles. The first kappa shape index (κ1) is 20.9. The van der Waals surface area contributed by atoms with Gasteiger partial charge in [0, 0.05) is 43.8 Å². The van der Waals surface area contributed by atoms with Gasteiger partial charge in [0.1, 0.15) is 5.82 Å². The van der Waals surface area contributed by atoms with Gasteiger partial charge >= 0.3 is 0 Å². The quantitative estimate of drug-likeness (QED) is 0.633. The smallest absolute Gasteiger partial charge is 0.233 e. The minimum absolute atomic E-state index is 0.115. The van der Waals surface area contributed by atoms with Crippen LogP contribution >= 0.6 is 23.4 Å². The first-order chi connectivity index (χ1) is 13.5. The van der Waals surface area contributed by atoms with E-state index in [0.717, 1.165) is 19.0 Å². The van der Waals surface area contributed by atoms with E-state index < -0.39 is 5.82 Å². The van der Waals surface area contributed by atoms with E-state index >= 15 is 0 Å². The first-order valence-corrected chi connectivity index (χ1v) is 10.4. The molecule has 152 valence electrons. The number of anilines is 1. The molecule has 0 bridgehead atoms. The molecule has 28 heavy (non-hydrogen) atoms. The number of morpholine rings is 1. The molecule has 3 rings (SSSR count). The highest BCUT2D eigenvalue weighted by molar-refractivity contribution is 7.99. The Morgan fingerprint density at radius 3 is 2.79 bits per heavy atom. The zero-order chi connectivity index (χ0) is 20.1. The predicted octanol–water partition coefficient (Wildman–Crippen LogP) is 2.68. The van der Waals surface area contributed by atoms with Crippen LogP contribution in [0.3, 0.4) is 0 Å². The average Bonchev–Trinajstić information content (AvgIpc) is 3.12. The Balaban J connectivity index is 1.62. The summed E-state index contributed by atoms with van der Waals surface area (Å²) in [6.45, 7) is 5.72. The number of hydrogen-bond acceptors (Lipinski definition) is 6. The molecule has 1 aliphatic heterocycles. The lowest BCUT2D eigenvalue weighted by Gasteiger charge is -2.27. The minimum Gasteiger partial charge on any atom is -0.378 e. The van der Waals surface area contributed by atoms with E-state index in [1.54, 1.807) is 19.2 Å². The molecular formula is C18H23ClFN5O2S. The summed E-state index contributed by atoms with van der Waals surface area (Å²) in [5.74, 6) is 0.430. The third kappa shape index (κ3) is 4.76. The number of benzene rings is 1. The van der Waals surface area contributed by atoms with Crippen LogP contribution in [0.2, 0.25) is 5.02 Å². The molecule has 1 amide bonds. The van der Waals surface area contributed by atoms with E-state index in [1.165, 1.54) is 22.7 Å². The van der Waals surface area contributed by atoms with E-state index in [0.29, 0.717) is 35.5 Å².